The highest BCUT2D eigenvalue weighted by Crippen LogP contribution is 2.30. The number of rotatable bonds is 9. The molecule has 1 aliphatic heterocycles. The maximum atomic E-state index is 13.1. The molecule has 37 heavy (non-hydrogen) atoms. The summed E-state index contributed by atoms with van der Waals surface area (Å²) >= 11 is 0. The molecule has 0 aliphatic carbocycles. The molecule has 4 rings (SSSR count). The standard InChI is InChI=1S/C26H30F3N5O3/c1-19(20-6-4-9-30-16-20)21-17-31-25(36)34(24(21)35)11-5-10-32-12-14-33(15-13-32)22-7-2-3-8-23(22)37-18-26(27,28)29/h2-4,6-9,16-17,19H,5,10-15,18H2,1H3,(H,31,36). The molecule has 1 atom stereocenters. The summed E-state index contributed by atoms with van der Waals surface area (Å²) in [4.78, 5) is 36.5. The normalized spacial score (nSPS) is 15.5. The van der Waals surface area contributed by atoms with Gasteiger partial charge in [0.2, 0.25) is 0 Å². The Labute approximate surface area is 212 Å². The number of pyridine rings is 1. The first kappa shape index (κ1) is 26.5. The van der Waals surface area contributed by atoms with Gasteiger partial charge in [0, 0.05) is 62.8 Å². The number of ether oxygens (including phenoxy) is 1. The van der Waals surface area contributed by atoms with Crippen molar-refractivity contribution in [1.29, 1.82) is 0 Å². The van der Waals surface area contributed by atoms with Gasteiger partial charge in [0.05, 0.1) is 5.69 Å². The Morgan fingerprint density at radius 2 is 1.81 bits per heavy atom. The van der Waals surface area contributed by atoms with Crippen molar-refractivity contribution in [2.24, 2.45) is 0 Å². The van der Waals surface area contributed by atoms with Crippen LogP contribution in [0.5, 0.6) is 5.75 Å². The minimum atomic E-state index is -4.40. The van der Waals surface area contributed by atoms with E-state index < -0.39 is 18.5 Å². The van der Waals surface area contributed by atoms with Gasteiger partial charge in [-0.1, -0.05) is 25.1 Å². The molecule has 8 nitrogen and oxygen atoms in total. The molecule has 1 aliphatic rings. The highest BCUT2D eigenvalue weighted by molar-refractivity contribution is 5.58. The second-order valence-electron chi connectivity index (χ2n) is 9.07. The van der Waals surface area contributed by atoms with E-state index in [9.17, 15) is 22.8 Å². The third-order valence-corrected chi connectivity index (χ3v) is 6.56. The first-order valence-corrected chi connectivity index (χ1v) is 12.2. The van der Waals surface area contributed by atoms with Crippen LogP contribution in [0.3, 0.4) is 0 Å². The fraction of sp³-hybridized carbons (Fsp3) is 0.423. The number of piperazine rings is 1. The van der Waals surface area contributed by atoms with Crippen LogP contribution in [-0.4, -0.2) is 64.9 Å². The fourth-order valence-corrected chi connectivity index (χ4v) is 4.52. The van der Waals surface area contributed by atoms with E-state index in [2.05, 4.69) is 14.9 Å². The lowest BCUT2D eigenvalue weighted by Gasteiger charge is -2.36. The fourth-order valence-electron chi connectivity index (χ4n) is 4.52. The van der Waals surface area contributed by atoms with Crippen molar-refractivity contribution >= 4 is 5.69 Å². The lowest BCUT2D eigenvalue weighted by molar-refractivity contribution is -0.153. The predicted octanol–water partition coefficient (Wildman–Crippen LogP) is 3.24. The predicted molar refractivity (Wildman–Crippen MR) is 134 cm³/mol. The Hall–Kier alpha value is -3.60. The van der Waals surface area contributed by atoms with Gasteiger partial charge in [-0.15, -0.1) is 0 Å². The Morgan fingerprint density at radius 3 is 2.51 bits per heavy atom. The minimum Gasteiger partial charge on any atom is -0.482 e. The molecule has 11 heteroatoms. The third kappa shape index (κ3) is 6.79. The summed E-state index contributed by atoms with van der Waals surface area (Å²) in [6, 6.07) is 10.4. The molecular formula is C26H30F3N5O3. The van der Waals surface area contributed by atoms with Crippen molar-refractivity contribution in [2.75, 3.05) is 44.2 Å². The zero-order valence-electron chi connectivity index (χ0n) is 20.6. The van der Waals surface area contributed by atoms with Crippen molar-refractivity contribution in [3.05, 3.63) is 87.0 Å². The van der Waals surface area contributed by atoms with Crippen LogP contribution < -0.4 is 20.9 Å². The molecule has 1 aromatic carbocycles. The Morgan fingerprint density at radius 1 is 1.05 bits per heavy atom. The summed E-state index contributed by atoms with van der Waals surface area (Å²) in [5, 5.41) is 0. The van der Waals surface area contributed by atoms with Gasteiger partial charge < -0.3 is 14.6 Å². The molecule has 198 valence electrons. The zero-order valence-corrected chi connectivity index (χ0v) is 20.6. The van der Waals surface area contributed by atoms with Gasteiger partial charge in [-0.25, -0.2) is 4.79 Å². The number of benzene rings is 1. The van der Waals surface area contributed by atoms with Gasteiger partial charge in [-0.3, -0.25) is 19.2 Å². The summed E-state index contributed by atoms with van der Waals surface area (Å²) < 4.78 is 44.1. The highest BCUT2D eigenvalue weighted by atomic mass is 19.4. The van der Waals surface area contributed by atoms with E-state index in [0.717, 1.165) is 5.56 Å². The summed E-state index contributed by atoms with van der Waals surface area (Å²) in [5.41, 5.74) is 1.30. The molecule has 0 spiro atoms. The summed E-state index contributed by atoms with van der Waals surface area (Å²) in [6.07, 6.45) is 1.07. The number of hydrogen-bond acceptors (Lipinski definition) is 6. The summed E-state index contributed by atoms with van der Waals surface area (Å²) in [5.74, 6) is 0.00707. The van der Waals surface area contributed by atoms with E-state index in [0.29, 0.717) is 50.4 Å². The molecule has 0 bridgehead atoms. The average Bonchev–Trinajstić information content (AvgIpc) is 2.90. The largest absolute Gasteiger partial charge is 0.482 e. The van der Waals surface area contributed by atoms with Gasteiger partial charge in [0.1, 0.15) is 5.75 Å². The lowest BCUT2D eigenvalue weighted by Crippen LogP contribution is -2.47. The van der Waals surface area contributed by atoms with Crippen molar-refractivity contribution in [1.82, 2.24) is 19.4 Å². The second kappa shape index (κ2) is 11.6. The van der Waals surface area contributed by atoms with Gasteiger partial charge in [0.15, 0.2) is 6.61 Å². The molecular weight excluding hydrogens is 487 g/mol. The number of H-pyrrole nitrogens is 1. The van der Waals surface area contributed by atoms with Crippen LogP contribution in [0.2, 0.25) is 0 Å². The average molecular weight is 518 g/mol. The maximum Gasteiger partial charge on any atom is 0.422 e. The zero-order chi connectivity index (χ0) is 26.4. The molecule has 0 saturated carbocycles. The second-order valence-corrected chi connectivity index (χ2v) is 9.07. The number of nitrogens with zero attached hydrogens (tertiary/aromatic N) is 4. The van der Waals surface area contributed by atoms with E-state index in [1.807, 2.05) is 24.0 Å². The third-order valence-electron chi connectivity index (χ3n) is 6.56. The number of alkyl halides is 3. The molecule has 2 aromatic heterocycles. The Balaban J connectivity index is 1.32. The van der Waals surface area contributed by atoms with Crippen LogP contribution >= 0.6 is 0 Å². The quantitative estimate of drug-likeness (QED) is 0.469. The SMILES string of the molecule is CC(c1cccnc1)c1c[nH]c(=O)n(CCCN2CCN(c3ccccc3OCC(F)(F)F)CC2)c1=O. The Bertz CT molecular complexity index is 1280. The molecule has 0 amide bonds. The van der Waals surface area contributed by atoms with Crippen molar-refractivity contribution in [2.45, 2.75) is 32.0 Å². The van der Waals surface area contributed by atoms with Crippen molar-refractivity contribution in [3.8, 4) is 5.75 Å². The number of hydrogen-bond donors (Lipinski definition) is 1. The molecule has 1 unspecified atom stereocenters. The molecule has 1 N–H and O–H groups in total. The van der Waals surface area contributed by atoms with Gasteiger partial charge in [-0.05, 0) is 36.7 Å². The van der Waals surface area contributed by atoms with Crippen LogP contribution in [0.4, 0.5) is 18.9 Å². The van der Waals surface area contributed by atoms with Crippen molar-refractivity contribution in [3.63, 3.8) is 0 Å². The van der Waals surface area contributed by atoms with Crippen LogP contribution in [0, 0.1) is 0 Å². The van der Waals surface area contributed by atoms with Crippen LogP contribution in [-0.2, 0) is 6.54 Å². The van der Waals surface area contributed by atoms with Crippen LogP contribution in [0.25, 0.3) is 0 Å². The summed E-state index contributed by atoms with van der Waals surface area (Å²) in [7, 11) is 0. The van der Waals surface area contributed by atoms with Gasteiger partial charge in [0.25, 0.3) is 5.56 Å². The number of nitrogens with one attached hydrogen (secondary N) is 1. The van der Waals surface area contributed by atoms with Crippen LogP contribution in [0.1, 0.15) is 30.4 Å². The van der Waals surface area contributed by atoms with E-state index in [1.54, 1.807) is 36.7 Å². The van der Waals surface area contributed by atoms with E-state index in [-0.39, 0.29) is 23.8 Å². The summed E-state index contributed by atoms with van der Waals surface area (Å²) in [6.45, 7) is 4.22. The van der Waals surface area contributed by atoms with Gasteiger partial charge >= 0.3 is 11.9 Å². The van der Waals surface area contributed by atoms with E-state index >= 15 is 0 Å². The lowest BCUT2D eigenvalue weighted by atomic mass is 9.97. The number of halogens is 3. The highest BCUT2D eigenvalue weighted by Gasteiger charge is 2.29. The molecule has 0 radical (unpaired) electrons. The molecule has 3 aromatic rings. The van der Waals surface area contributed by atoms with Gasteiger partial charge in [-0.2, -0.15) is 13.2 Å². The van der Waals surface area contributed by atoms with Crippen LogP contribution in [0.15, 0.2) is 64.6 Å². The monoisotopic (exact) mass is 517 g/mol. The topological polar surface area (TPSA) is 83.5 Å². The van der Waals surface area contributed by atoms with E-state index in [4.69, 9.17) is 4.74 Å². The minimum absolute atomic E-state index is 0.208. The molecule has 1 saturated heterocycles. The van der Waals surface area contributed by atoms with E-state index in [1.165, 1.54) is 10.8 Å². The Kier molecular flexibility index (Phi) is 8.32. The number of aromatic amines is 1. The molecule has 3 heterocycles. The first-order chi connectivity index (χ1) is 17.7. The smallest absolute Gasteiger partial charge is 0.422 e. The maximum absolute atomic E-state index is 13.1. The number of aromatic nitrogens is 3. The van der Waals surface area contributed by atoms with Crippen molar-refractivity contribution < 1.29 is 17.9 Å². The first-order valence-electron chi connectivity index (χ1n) is 12.2. The number of para-hydroxylation sites is 2. The number of anilines is 1. The molecule has 1 fully saturated rings.